The van der Waals surface area contributed by atoms with Crippen LogP contribution in [0.5, 0.6) is 0 Å². The maximum Gasteiger partial charge on any atom is 0.251 e. The van der Waals surface area contributed by atoms with Crippen LogP contribution in [0.2, 0.25) is 0 Å². The molecule has 1 unspecified atom stereocenters. The highest BCUT2D eigenvalue weighted by Gasteiger charge is 2.23. The second-order valence-electron chi connectivity index (χ2n) is 11.9. The predicted octanol–water partition coefficient (Wildman–Crippen LogP) is 5.15. The second-order valence-corrected chi connectivity index (χ2v) is 13.8. The summed E-state index contributed by atoms with van der Waals surface area (Å²) >= 11 is 0. The summed E-state index contributed by atoms with van der Waals surface area (Å²) in [6, 6.07) is 13.4. The first-order valence-corrected chi connectivity index (χ1v) is 18.0. The maximum absolute atomic E-state index is 13.8. The van der Waals surface area contributed by atoms with Gasteiger partial charge in [-0.3, -0.25) is 13.9 Å². The Morgan fingerprint density at radius 3 is 2.40 bits per heavy atom. The molecule has 0 radical (unpaired) electrons. The Bertz CT molecular complexity index is 1300. The van der Waals surface area contributed by atoms with Crippen molar-refractivity contribution in [2.24, 2.45) is 0 Å². The molecule has 1 aliphatic rings. The van der Waals surface area contributed by atoms with Gasteiger partial charge in [0.05, 0.1) is 18.0 Å². The topological polar surface area (TPSA) is 108 Å². The van der Waals surface area contributed by atoms with Crippen LogP contribution in [0.25, 0.3) is 0 Å². The van der Waals surface area contributed by atoms with Gasteiger partial charge in [-0.05, 0) is 86.3 Å². The largest absolute Gasteiger partial charge is 0.355 e. The number of amides is 2. The molecule has 4 bridgehead atoms. The molecule has 43 heavy (non-hydrogen) atoms. The van der Waals surface area contributed by atoms with Gasteiger partial charge < -0.3 is 16.0 Å². The maximum atomic E-state index is 13.8. The molecule has 1 aliphatic heterocycles. The van der Waals surface area contributed by atoms with Gasteiger partial charge in [0, 0.05) is 31.2 Å². The normalized spacial score (nSPS) is 16.6. The summed E-state index contributed by atoms with van der Waals surface area (Å²) in [6.07, 6.45) is 10.8. The van der Waals surface area contributed by atoms with Gasteiger partial charge >= 0.3 is 0 Å². The first-order valence-electron chi connectivity index (χ1n) is 16.2. The third-order valence-corrected chi connectivity index (χ3v) is 9.14. The number of rotatable bonds is 14. The molecule has 2 amide bonds. The van der Waals surface area contributed by atoms with E-state index in [1.54, 1.807) is 6.07 Å². The van der Waals surface area contributed by atoms with Crippen molar-refractivity contribution in [2.75, 3.05) is 30.2 Å². The van der Waals surface area contributed by atoms with E-state index in [4.69, 9.17) is 0 Å². The van der Waals surface area contributed by atoms with Crippen LogP contribution in [0, 0.1) is 0 Å². The molecule has 0 aromatic heterocycles. The zero-order valence-corrected chi connectivity index (χ0v) is 27.4. The van der Waals surface area contributed by atoms with Crippen LogP contribution in [-0.4, -0.2) is 58.2 Å². The number of nitrogens with one attached hydrogen (secondary N) is 3. The minimum absolute atomic E-state index is 0.00486. The fourth-order valence-electron chi connectivity index (χ4n) is 5.61. The Balaban J connectivity index is 1.92. The molecule has 0 aliphatic carbocycles. The highest BCUT2D eigenvalue weighted by atomic mass is 32.2. The third-order valence-electron chi connectivity index (χ3n) is 7.95. The number of anilines is 1. The molecular formula is C34H52N4O4S. The van der Waals surface area contributed by atoms with Crippen molar-refractivity contribution < 1.29 is 18.0 Å². The van der Waals surface area contributed by atoms with Crippen LogP contribution in [0.1, 0.15) is 99.2 Å². The molecule has 3 N–H and O–H groups in total. The van der Waals surface area contributed by atoms with Gasteiger partial charge in [-0.15, -0.1) is 0 Å². The highest BCUT2D eigenvalue weighted by Crippen LogP contribution is 2.24. The zero-order valence-electron chi connectivity index (χ0n) is 26.6. The fraction of sp³-hybridized carbons (Fsp3) is 0.588. The van der Waals surface area contributed by atoms with Crippen molar-refractivity contribution in [3.8, 4) is 0 Å². The minimum atomic E-state index is -3.51. The summed E-state index contributed by atoms with van der Waals surface area (Å²) in [5.41, 5.74) is 4.34. The van der Waals surface area contributed by atoms with Crippen LogP contribution in [0.4, 0.5) is 5.69 Å². The molecule has 238 valence electrons. The van der Waals surface area contributed by atoms with Crippen molar-refractivity contribution in [2.45, 2.75) is 103 Å². The van der Waals surface area contributed by atoms with E-state index in [0.717, 1.165) is 68.9 Å². The SMILES string of the molecule is CCCCNC(=O)[C@H](CCCC)NCC1Cc2cccc(c2)CCCCc2cc(cc(N(CCC)S(C)(=O)=O)c2)C(=O)N1. The Labute approximate surface area is 259 Å². The zero-order chi connectivity index (χ0) is 31.2. The van der Waals surface area contributed by atoms with Crippen LogP contribution in [-0.2, 0) is 34.1 Å². The number of aryl methyl sites for hydroxylation is 2. The molecule has 9 heteroatoms. The van der Waals surface area contributed by atoms with Gasteiger partial charge in [0.15, 0.2) is 0 Å². The summed E-state index contributed by atoms with van der Waals surface area (Å²) in [5.74, 6) is -0.240. The van der Waals surface area contributed by atoms with E-state index in [0.29, 0.717) is 43.7 Å². The Morgan fingerprint density at radius 2 is 1.70 bits per heavy atom. The molecule has 0 saturated carbocycles. The average molecular weight is 613 g/mol. The van der Waals surface area contributed by atoms with Gasteiger partial charge in [-0.2, -0.15) is 0 Å². The van der Waals surface area contributed by atoms with Crippen molar-refractivity contribution >= 4 is 27.5 Å². The van der Waals surface area contributed by atoms with Crippen molar-refractivity contribution in [3.63, 3.8) is 0 Å². The molecule has 2 aromatic rings. The lowest BCUT2D eigenvalue weighted by molar-refractivity contribution is -0.123. The van der Waals surface area contributed by atoms with Crippen LogP contribution in [0.3, 0.4) is 0 Å². The molecular weight excluding hydrogens is 560 g/mol. The molecule has 3 rings (SSSR count). The van der Waals surface area contributed by atoms with Crippen molar-refractivity contribution in [3.05, 3.63) is 64.7 Å². The minimum Gasteiger partial charge on any atom is -0.355 e. The molecule has 2 atom stereocenters. The number of fused-ring (bicyclic) bond motifs is 4. The third kappa shape index (κ3) is 11.3. The van der Waals surface area contributed by atoms with E-state index in [1.807, 2.05) is 19.1 Å². The standard InChI is InChI=1S/C34H52N4O4S/c1-5-8-17-32(34(40)35-18-9-6-2)36-25-30-22-27-16-12-15-26(20-27)13-10-11-14-28-21-29(33(39)37-30)24-31(23-28)38(19-7-3)43(4,41)42/h12,15-16,20-21,23-24,30,32,36H,5-11,13-14,17-19,22,25H2,1-4H3,(H,35,40)(H,37,39)/t30?,32-/m0/s1. The average Bonchev–Trinajstić information content (AvgIpc) is 2.97. The van der Waals surface area contributed by atoms with Crippen molar-refractivity contribution in [1.29, 1.82) is 0 Å². The fourth-order valence-corrected chi connectivity index (χ4v) is 6.61. The van der Waals surface area contributed by atoms with Gasteiger partial charge in [0.2, 0.25) is 15.9 Å². The molecule has 0 fully saturated rings. The van der Waals surface area contributed by atoms with Crippen molar-refractivity contribution in [1.82, 2.24) is 16.0 Å². The number of sulfonamides is 1. The Hall–Kier alpha value is -2.91. The number of carbonyl (C=O) groups is 2. The number of hydrogen-bond acceptors (Lipinski definition) is 5. The Kier molecular flexibility index (Phi) is 14.0. The summed E-state index contributed by atoms with van der Waals surface area (Å²) in [6.45, 7) is 7.61. The van der Waals surface area contributed by atoms with E-state index >= 15 is 0 Å². The van der Waals surface area contributed by atoms with Gasteiger partial charge in [-0.1, -0.05) is 64.3 Å². The lowest BCUT2D eigenvalue weighted by atomic mass is 9.97. The number of benzene rings is 2. The smallest absolute Gasteiger partial charge is 0.251 e. The lowest BCUT2D eigenvalue weighted by Crippen LogP contribution is -2.50. The van der Waals surface area contributed by atoms with E-state index < -0.39 is 10.0 Å². The molecule has 0 spiro atoms. The Morgan fingerprint density at radius 1 is 0.977 bits per heavy atom. The molecule has 0 saturated heterocycles. The second kappa shape index (κ2) is 17.4. The van der Waals surface area contributed by atoms with E-state index in [1.165, 1.54) is 16.1 Å². The monoisotopic (exact) mass is 612 g/mol. The number of unbranched alkanes of at least 4 members (excludes halogenated alkanes) is 2. The van der Waals surface area contributed by atoms with Gasteiger partial charge in [0.1, 0.15) is 0 Å². The van der Waals surface area contributed by atoms with Crippen LogP contribution in [0.15, 0.2) is 42.5 Å². The molecule has 8 nitrogen and oxygen atoms in total. The summed E-state index contributed by atoms with van der Waals surface area (Å²) in [5, 5.41) is 9.76. The van der Waals surface area contributed by atoms with E-state index in [-0.39, 0.29) is 23.9 Å². The van der Waals surface area contributed by atoms with Gasteiger partial charge in [0.25, 0.3) is 5.91 Å². The first-order chi connectivity index (χ1) is 20.6. The van der Waals surface area contributed by atoms with Gasteiger partial charge in [-0.25, -0.2) is 8.42 Å². The van der Waals surface area contributed by atoms with Crippen LogP contribution < -0.4 is 20.3 Å². The summed E-state index contributed by atoms with van der Waals surface area (Å²) in [4.78, 5) is 26.8. The molecule has 2 aromatic carbocycles. The quantitative estimate of drug-likeness (QED) is 0.256. The van der Waals surface area contributed by atoms with E-state index in [2.05, 4.69) is 54.1 Å². The number of nitrogens with zero attached hydrogens (tertiary/aromatic N) is 1. The number of hydrogen-bond donors (Lipinski definition) is 3. The lowest BCUT2D eigenvalue weighted by Gasteiger charge is -2.26. The first kappa shape index (κ1) is 34.6. The highest BCUT2D eigenvalue weighted by molar-refractivity contribution is 7.92. The predicted molar refractivity (Wildman–Crippen MR) is 176 cm³/mol. The van der Waals surface area contributed by atoms with E-state index in [9.17, 15) is 18.0 Å². The summed E-state index contributed by atoms with van der Waals surface area (Å²) < 4.78 is 26.8. The molecule has 1 heterocycles. The summed E-state index contributed by atoms with van der Waals surface area (Å²) in [7, 11) is -3.51. The number of carbonyl (C=O) groups excluding carboxylic acids is 2. The van der Waals surface area contributed by atoms with Crippen LogP contribution >= 0.6 is 0 Å².